The molecule has 146 valence electrons. The molecule has 0 aliphatic carbocycles. The molecule has 0 unspecified atom stereocenters. The molecule has 0 amide bonds. The highest BCUT2D eigenvalue weighted by atomic mass is 16.5. The lowest BCUT2D eigenvalue weighted by molar-refractivity contribution is -0.146. The van der Waals surface area contributed by atoms with Crippen LogP contribution in [0.2, 0.25) is 0 Å². The van der Waals surface area contributed by atoms with Gasteiger partial charge in [0.1, 0.15) is 16.9 Å². The van der Waals surface area contributed by atoms with Gasteiger partial charge in [0.25, 0.3) is 0 Å². The van der Waals surface area contributed by atoms with E-state index >= 15 is 0 Å². The summed E-state index contributed by atoms with van der Waals surface area (Å²) in [5, 5.41) is 0. The molecule has 2 aromatic rings. The van der Waals surface area contributed by atoms with Crippen molar-refractivity contribution >= 4 is 5.97 Å². The van der Waals surface area contributed by atoms with Crippen molar-refractivity contribution in [3.63, 3.8) is 0 Å². The van der Waals surface area contributed by atoms with Gasteiger partial charge >= 0.3 is 5.97 Å². The van der Waals surface area contributed by atoms with Crippen molar-refractivity contribution in [1.29, 1.82) is 0 Å². The molecule has 3 rings (SSSR count). The van der Waals surface area contributed by atoms with Gasteiger partial charge in [-0.2, -0.15) is 0 Å². The van der Waals surface area contributed by atoms with Crippen molar-refractivity contribution in [2.45, 2.75) is 64.7 Å². The Kier molecular flexibility index (Phi) is 7.90. The van der Waals surface area contributed by atoms with Gasteiger partial charge in [-0.05, 0) is 18.6 Å². The largest absolute Gasteiger partial charge is 0.468 e. The van der Waals surface area contributed by atoms with E-state index in [2.05, 4.69) is 6.92 Å². The summed E-state index contributed by atoms with van der Waals surface area (Å²) in [5.74, 6) is 1.30. The van der Waals surface area contributed by atoms with Gasteiger partial charge in [0.15, 0.2) is 0 Å². The maximum atomic E-state index is 13.1. The van der Waals surface area contributed by atoms with Gasteiger partial charge < -0.3 is 9.47 Å². The fourth-order valence-electron chi connectivity index (χ4n) is 3.84. The van der Waals surface area contributed by atoms with Crippen LogP contribution >= 0.6 is 0 Å². The summed E-state index contributed by atoms with van der Waals surface area (Å²) in [6.45, 7) is 6.21. The number of carbonyl (C=O) groups excluding carboxylic acids is 1. The minimum atomic E-state index is -0.785. The molecule has 0 atom stereocenters. The quantitative estimate of drug-likeness (QED) is 0.406. The number of benzene rings is 2. The Bertz CT molecular complexity index is 690. The van der Waals surface area contributed by atoms with E-state index in [0.717, 1.165) is 41.9 Å². The maximum Gasteiger partial charge on any atom is 0.321 e. The second-order valence-electron chi connectivity index (χ2n) is 6.66. The van der Waals surface area contributed by atoms with E-state index in [1.165, 1.54) is 26.4 Å². The van der Waals surface area contributed by atoms with Gasteiger partial charge in [-0.3, -0.25) is 4.79 Å². The minimum absolute atomic E-state index is 0.203. The van der Waals surface area contributed by atoms with Gasteiger partial charge in [-0.25, -0.2) is 0 Å². The van der Waals surface area contributed by atoms with E-state index in [9.17, 15) is 4.79 Å². The van der Waals surface area contributed by atoms with Crippen LogP contribution in [0, 0.1) is 0 Å². The Morgan fingerprint density at radius 2 is 1.41 bits per heavy atom. The molecular weight excluding hydrogens is 336 g/mol. The third kappa shape index (κ3) is 4.18. The lowest BCUT2D eigenvalue weighted by Crippen LogP contribution is -2.40. The monoisotopic (exact) mass is 368 g/mol. The number of methoxy groups -OCH3 is 1. The third-order valence-corrected chi connectivity index (χ3v) is 5.10. The van der Waals surface area contributed by atoms with Crippen LogP contribution in [-0.4, -0.2) is 13.1 Å². The molecule has 0 bridgehead atoms. The molecule has 0 spiro atoms. The van der Waals surface area contributed by atoms with Crippen LogP contribution < -0.4 is 4.74 Å². The molecule has 0 N–H and O–H groups in total. The van der Waals surface area contributed by atoms with Crippen molar-refractivity contribution in [3.05, 3.63) is 59.7 Å². The smallest absolute Gasteiger partial charge is 0.321 e. The van der Waals surface area contributed by atoms with E-state index in [1.807, 2.05) is 62.4 Å². The topological polar surface area (TPSA) is 35.5 Å². The van der Waals surface area contributed by atoms with Crippen molar-refractivity contribution in [2.75, 3.05) is 7.11 Å². The lowest BCUT2D eigenvalue weighted by atomic mass is 9.69. The number of esters is 1. The highest BCUT2D eigenvalue weighted by Crippen LogP contribution is 2.51. The summed E-state index contributed by atoms with van der Waals surface area (Å²) in [6, 6.07) is 15.7. The Hall–Kier alpha value is -2.29. The van der Waals surface area contributed by atoms with Crippen LogP contribution in [0.25, 0.3) is 0 Å². The highest BCUT2D eigenvalue weighted by Gasteiger charge is 2.48. The predicted octanol–water partition coefficient (Wildman–Crippen LogP) is 6.64. The molecule has 1 heterocycles. The number of para-hydroxylation sites is 2. The van der Waals surface area contributed by atoms with Crippen molar-refractivity contribution < 1.29 is 14.3 Å². The SMILES string of the molecule is CC.CCCCCCCC1(C(=O)OC)c2ccccc2Oc2ccccc21. The number of carbonyl (C=O) groups is 1. The fourth-order valence-corrected chi connectivity index (χ4v) is 3.84. The van der Waals surface area contributed by atoms with Crippen LogP contribution in [-0.2, 0) is 14.9 Å². The zero-order valence-corrected chi connectivity index (χ0v) is 17.1. The zero-order chi connectivity index (χ0) is 19.7. The molecule has 3 nitrogen and oxygen atoms in total. The third-order valence-electron chi connectivity index (χ3n) is 5.10. The van der Waals surface area contributed by atoms with Crippen LogP contribution in [0.1, 0.15) is 70.4 Å². The second-order valence-corrected chi connectivity index (χ2v) is 6.66. The first-order valence-electron chi connectivity index (χ1n) is 10.2. The number of hydrogen-bond acceptors (Lipinski definition) is 3. The first-order valence-corrected chi connectivity index (χ1v) is 10.2. The number of unbranched alkanes of at least 4 members (excludes halogenated alkanes) is 4. The summed E-state index contributed by atoms with van der Waals surface area (Å²) in [4.78, 5) is 13.1. The highest BCUT2D eigenvalue weighted by molar-refractivity contribution is 5.90. The summed E-state index contributed by atoms with van der Waals surface area (Å²) < 4.78 is 11.4. The lowest BCUT2D eigenvalue weighted by Gasteiger charge is -2.38. The second kappa shape index (κ2) is 10.1. The molecule has 27 heavy (non-hydrogen) atoms. The molecule has 0 saturated carbocycles. The fraction of sp³-hybridized carbons (Fsp3) is 0.458. The molecule has 0 aromatic heterocycles. The van der Waals surface area contributed by atoms with Gasteiger partial charge in [0.05, 0.1) is 7.11 Å². The molecule has 0 saturated heterocycles. The molecule has 1 aliphatic heterocycles. The predicted molar refractivity (Wildman–Crippen MR) is 110 cm³/mol. The van der Waals surface area contributed by atoms with E-state index in [0.29, 0.717) is 0 Å². The first-order chi connectivity index (χ1) is 13.2. The normalized spacial score (nSPS) is 13.3. The molecule has 1 aliphatic rings. The Morgan fingerprint density at radius 1 is 0.889 bits per heavy atom. The van der Waals surface area contributed by atoms with E-state index in [1.54, 1.807) is 0 Å². The van der Waals surface area contributed by atoms with Gasteiger partial charge in [-0.1, -0.05) is 89.3 Å². The summed E-state index contributed by atoms with van der Waals surface area (Å²) in [5.41, 5.74) is 1.04. The summed E-state index contributed by atoms with van der Waals surface area (Å²) >= 11 is 0. The molecule has 3 heteroatoms. The first kappa shape index (κ1) is 21.0. The maximum absolute atomic E-state index is 13.1. The average molecular weight is 369 g/mol. The Balaban J connectivity index is 0.00000126. The van der Waals surface area contributed by atoms with Crippen molar-refractivity contribution in [3.8, 4) is 11.5 Å². The molecular formula is C24H32O3. The number of rotatable bonds is 7. The van der Waals surface area contributed by atoms with E-state index < -0.39 is 5.41 Å². The summed E-state index contributed by atoms with van der Waals surface area (Å²) in [7, 11) is 1.47. The minimum Gasteiger partial charge on any atom is -0.468 e. The number of fused-ring (bicyclic) bond motifs is 2. The van der Waals surface area contributed by atoms with E-state index in [-0.39, 0.29) is 5.97 Å². The Labute approximate surface area is 163 Å². The van der Waals surface area contributed by atoms with E-state index in [4.69, 9.17) is 9.47 Å². The summed E-state index contributed by atoms with van der Waals surface area (Å²) in [6.07, 6.45) is 6.49. The molecule has 0 fully saturated rings. The van der Waals surface area contributed by atoms with Gasteiger partial charge in [-0.15, -0.1) is 0 Å². The number of hydrogen-bond donors (Lipinski definition) is 0. The number of ether oxygens (including phenoxy) is 2. The van der Waals surface area contributed by atoms with Crippen LogP contribution in [0.3, 0.4) is 0 Å². The van der Waals surface area contributed by atoms with Crippen LogP contribution in [0.5, 0.6) is 11.5 Å². The van der Waals surface area contributed by atoms with Gasteiger partial charge in [0.2, 0.25) is 0 Å². The average Bonchev–Trinajstić information content (AvgIpc) is 2.73. The van der Waals surface area contributed by atoms with Gasteiger partial charge in [0, 0.05) is 11.1 Å². The molecule has 0 radical (unpaired) electrons. The zero-order valence-electron chi connectivity index (χ0n) is 17.1. The molecule has 2 aromatic carbocycles. The van der Waals surface area contributed by atoms with Crippen LogP contribution in [0.4, 0.5) is 0 Å². The van der Waals surface area contributed by atoms with Crippen LogP contribution in [0.15, 0.2) is 48.5 Å². The Morgan fingerprint density at radius 3 is 1.93 bits per heavy atom. The van der Waals surface area contributed by atoms with Crippen molar-refractivity contribution in [2.24, 2.45) is 0 Å². The van der Waals surface area contributed by atoms with Crippen molar-refractivity contribution in [1.82, 2.24) is 0 Å². The standard InChI is InChI=1S/C22H26O3.C2H6/c1-3-4-5-6-11-16-22(21(23)24-2)17-12-7-9-14-19(17)25-20-15-10-8-13-18(20)22;1-2/h7-10,12-15H,3-6,11,16H2,1-2H3;1-2H3.